The number of anilines is 1. The number of carbonyl (C=O) groups excluding carboxylic acids is 3. The summed E-state index contributed by atoms with van der Waals surface area (Å²) in [5.41, 5.74) is 5.92. The molecule has 1 fully saturated rings. The number of thioether (sulfide) groups is 1. The molecule has 0 bridgehead atoms. The molecule has 1 aliphatic heterocycles. The van der Waals surface area contributed by atoms with Gasteiger partial charge in [-0.15, -0.1) is 11.8 Å². The molecule has 0 aliphatic carbocycles. The second kappa shape index (κ2) is 8.48. The van der Waals surface area contributed by atoms with Crippen LogP contribution >= 0.6 is 23.1 Å². The Hall–Kier alpha value is -1.61. The fourth-order valence-electron chi connectivity index (χ4n) is 2.56. The van der Waals surface area contributed by atoms with E-state index in [0.717, 1.165) is 29.3 Å². The quantitative estimate of drug-likeness (QED) is 0.740. The number of hydrogen-bond acceptors (Lipinski definition) is 6. The summed E-state index contributed by atoms with van der Waals surface area (Å²) in [6.07, 6.45) is 2.06. The maximum atomic E-state index is 12.4. The first-order valence-corrected chi connectivity index (χ1v) is 9.68. The van der Waals surface area contributed by atoms with E-state index >= 15 is 0 Å². The standard InChI is InChI=1S/C15H22N4O3S2/c1-3-12(21)19-6-4-5-10(7-19)13(22)18-15-17-9(2)14(24-15)23-8-11(16)20/h10H,3-8H2,1-2H3,(H2,16,20)(H,17,18,22). The second-order valence-electron chi connectivity index (χ2n) is 5.67. The lowest BCUT2D eigenvalue weighted by molar-refractivity contribution is -0.134. The van der Waals surface area contributed by atoms with E-state index < -0.39 is 0 Å². The van der Waals surface area contributed by atoms with Gasteiger partial charge in [0.25, 0.3) is 0 Å². The third-order valence-corrected chi connectivity index (χ3v) is 6.23. The Morgan fingerprint density at radius 2 is 2.21 bits per heavy atom. The smallest absolute Gasteiger partial charge is 0.231 e. The van der Waals surface area contributed by atoms with E-state index in [0.29, 0.717) is 18.1 Å². The third-order valence-electron chi connectivity index (χ3n) is 3.78. The summed E-state index contributed by atoms with van der Waals surface area (Å²) >= 11 is 2.66. The van der Waals surface area contributed by atoms with Crippen molar-refractivity contribution in [2.75, 3.05) is 24.2 Å². The zero-order valence-electron chi connectivity index (χ0n) is 13.8. The third kappa shape index (κ3) is 4.94. The predicted octanol–water partition coefficient (Wildman–Crippen LogP) is 1.62. The monoisotopic (exact) mass is 370 g/mol. The van der Waals surface area contributed by atoms with Gasteiger partial charge in [-0.2, -0.15) is 0 Å². The molecule has 0 radical (unpaired) electrons. The van der Waals surface area contributed by atoms with E-state index in [1.54, 1.807) is 4.90 Å². The number of hydrogen-bond donors (Lipinski definition) is 2. The molecule has 2 rings (SSSR count). The average molecular weight is 371 g/mol. The molecule has 3 amide bonds. The lowest BCUT2D eigenvalue weighted by Gasteiger charge is -2.31. The van der Waals surface area contributed by atoms with Crippen LogP contribution < -0.4 is 11.1 Å². The zero-order chi connectivity index (χ0) is 17.7. The van der Waals surface area contributed by atoms with E-state index in [1.807, 2.05) is 13.8 Å². The van der Waals surface area contributed by atoms with Gasteiger partial charge < -0.3 is 16.0 Å². The molecular weight excluding hydrogens is 348 g/mol. The van der Waals surface area contributed by atoms with Crippen LogP contribution in [0.5, 0.6) is 0 Å². The SMILES string of the molecule is CCC(=O)N1CCCC(C(=O)Nc2nc(C)c(SCC(N)=O)s2)C1. The topological polar surface area (TPSA) is 105 Å². The molecule has 1 atom stereocenters. The number of piperidine rings is 1. The van der Waals surface area contributed by atoms with Gasteiger partial charge in [0, 0.05) is 19.5 Å². The van der Waals surface area contributed by atoms with Crippen LogP contribution in [0.15, 0.2) is 4.21 Å². The highest BCUT2D eigenvalue weighted by atomic mass is 32.2. The van der Waals surface area contributed by atoms with Crippen molar-refractivity contribution in [1.82, 2.24) is 9.88 Å². The summed E-state index contributed by atoms with van der Waals surface area (Å²) < 4.78 is 0.871. The number of nitrogens with two attached hydrogens (primary N) is 1. The van der Waals surface area contributed by atoms with Crippen molar-refractivity contribution in [3.8, 4) is 0 Å². The highest BCUT2D eigenvalue weighted by molar-refractivity contribution is 8.01. The van der Waals surface area contributed by atoms with Crippen molar-refractivity contribution in [1.29, 1.82) is 0 Å². The minimum atomic E-state index is -0.388. The van der Waals surface area contributed by atoms with Crippen LogP contribution in [-0.4, -0.2) is 46.4 Å². The van der Waals surface area contributed by atoms with Crippen LogP contribution in [-0.2, 0) is 14.4 Å². The molecule has 9 heteroatoms. The van der Waals surface area contributed by atoms with Crippen molar-refractivity contribution in [2.24, 2.45) is 11.7 Å². The van der Waals surface area contributed by atoms with Gasteiger partial charge in [0.2, 0.25) is 17.7 Å². The average Bonchev–Trinajstić information content (AvgIpc) is 2.91. The zero-order valence-corrected chi connectivity index (χ0v) is 15.5. The Morgan fingerprint density at radius 1 is 1.46 bits per heavy atom. The molecule has 1 saturated heterocycles. The number of carbonyl (C=O) groups is 3. The van der Waals surface area contributed by atoms with Gasteiger partial charge >= 0.3 is 0 Å². The molecule has 1 unspecified atom stereocenters. The molecular formula is C15H22N4O3S2. The molecule has 2 heterocycles. The number of nitrogens with zero attached hydrogens (tertiary/aromatic N) is 2. The van der Waals surface area contributed by atoms with Gasteiger partial charge in [0.15, 0.2) is 5.13 Å². The number of likely N-dealkylation sites (tertiary alicyclic amines) is 1. The number of amides is 3. The van der Waals surface area contributed by atoms with Gasteiger partial charge in [0.05, 0.1) is 21.6 Å². The minimum Gasteiger partial charge on any atom is -0.369 e. The van der Waals surface area contributed by atoms with Gasteiger partial charge in [-0.3, -0.25) is 14.4 Å². The first-order chi connectivity index (χ1) is 11.4. The van der Waals surface area contributed by atoms with Gasteiger partial charge in [-0.25, -0.2) is 4.98 Å². The first kappa shape index (κ1) is 18.7. The predicted molar refractivity (Wildman–Crippen MR) is 95.0 cm³/mol. The molecule has 0 aromatic carbocycles. The molecule has 1 aromatic rings. The molecule has 3 N–H and O–H groups in total. The van der Waals surface area contributed by atoms with Crippen LogP contribution in [0.2, 0.25) is 0 Å². The van der Waals surface area contributed by atoms with Crippen LogP contribution in [0.4, 0.5) is 5.13 Å². The van der Waals surface area contributed by atoms with Gasteiger partial charge in [-0.1, -0.05) is 18.3 Å². The normalized spacial score (nSPS) is 17.6. The summed E-state index contributed by atoms with van der Waals surface area (Å²) in [4.78, 5) is 41.2. The Labute approximate surface area is 149 Å². The largest absolute Gasteiger partial charge is 0.369 e. The maximum absolute atomic E-state index is 12.4. The van der Waals surface area contributed by atoms with E-state index in [1.165, 1.54) is 23.1 Å². The number of aromatic nitrogens is 1. The number of rotatable bonds is 6. The summed E-state index contributed by atoms with van der Waals surface area (Å²) in [7, 11) is 0. The lowest BCUT2D eigenvalue weighted by atomic mass is 9.97. The van der Waals surface area contributed by atoms with Crippen molar-refractivity contribution in [2.45, 2.75) is 37.3 Å². The van der Waals surface area contributed by atoms with Crippen molar-refractivity contribution >= 4 is 46.0 Å². The number of thiazole rings is 1. The minimum absolute atomic E-state index is 0.0859. The van der Waals surface area contributed by atoms with Crippen molar-refractivity contribution in [3.63, 3.8) is 0 Å². The Bertz CT molecular complexity index is 632. The number of aryl methyl sites for hydroxylation is 1. The summed E-state index contributed by atoms with van der Waals surface area (Å²) in [6.45, 7) is 4.85. The molecule has 1 aromatic heterocycles. The molecule has 24 heavy (non-hydrogen) atoms. The fraction of sp³-hybridized carbons (Fsp3) is 0.600. The van der Waals surface area contributed by atoms with Crippen LogP contribution in [0, 0.1) is 12.8 Å². The summed E-state index contributed by atoms with van der Waals surface area (Å²) in [5, 5.41) is 3.36. The van der Waals surface area contributed by atoms with Gasteiger partial charge in [0.1, 0.15) is 0 Å². The Balaban J connectivity index is 1.95. The summed E-state index contributed by atoms with van der Waals surface area (Å²) in [6, 6.07) is 0. The Morgan fingerprint density at radius 3 is 2.88 bits per heavy atom. The lowest BCUT2D eigenvalue weighted by Crippen LogP contribution is -2.43. The second-order valence-corrected chi connectivity index (χ2v) is 7.91. The van der Waals surface area contributed by atoms with E-state index in [2.05, 4.69) is 10.3 Å². The molecule has 1 aliphatic rings. The van der Waals surface area contributed by atoms with Crippen LogP contribution in [0.1, 0.15) is 31.9 Å². The Kier molecular flexibility index (Phi) is 6.61. The van der Waals surface area contributed by atoms with E-state index in [4.69, 9.17) is 5.73 Å². The highest BCUT2D eigenvalue weighted by Gasteiger charge is 2.28. The number of primary amides is 1. The first-order valence-electron chi connectivity index (χ1n) is 7.87. The molecule has 0 spiro atoms. The van der Waals surface area contributed by atoms with E-state index in [-0.39, 0.29) is 29.4 Å². The fourth-order valence-corrected chi connectivity index (χ4v) is 4.44. The molecule has 132 valence electrons. The maximum Gasteiger partial charge on any atom is 0.231 e. The summed E-state index contributed by atoms with van der Waals surface area (Å²) in [5.74, 6) is -0.430. The van der Waals surface area contributed by atoms with E-state index in [9.17, 15) is 14.4 Å². The van der Waals surface area contributed by atoms with Crippen LogP contribution in [0.25, 0.3) is 0 Å². The highest BCUT2D eigenvalue weighted by Crippen LogP contribution is 2.32. The van der Waals surface area contributed by atoms with Crippen molar-refractivity contribution < 1.29 is 14.4 Å². The number of nitrogens with one attached hydrogen (secondary N) is 1. The van der Waals surface area contributed by atoms with Crippen LogP contribution in [0.3, 0.4) is 0 Å². The molecule has 7 nitrogen and oxygen atoms in total. The molecule has 0 saturated carbocycles. The van der Waals surface area contributed by atoms with Gasteiger partial charge in [-0.05, 0) is 19.8 Å². The van der Waals surface area contributed by atoms with Crippen molar-refractivity contribution in [3.05, 3.63) is 5.69 Å².